The second kappa shape index (κ2) is 14.0. The largest absolute Gasteiger partial charge is 0.510 e. The molecular formula is C22H30FN2O15P. The van der Waals surface area contributed by atoms with Crippen molar-refractivity contribution in [3.8, 4) is 12.3 Å². The molecule has 4 atom stereocenters. The first-order valence-corrected chi connectivity index (χ1v) is 13.2. The minimum Gasteiger partial charge on any atom is -0.432 e. The smallest absolute Gasteiger partial charge is 0.432 e. The van der Waals surface area contributed by atoms with Crippen LogP contribution < -0.4 is 11.2 Å². The zero-order valence-electron chi connectivity index (χ0n) is 22.3. The van der Waals surface area contributed by atoms with Crippen LogP contribution in [0.1, 0.15) is 33.9 Å². The van der Waals surface area contributed by atoms with Gasteiger partial charge in [0.25, 0.3) is 5.56 Å². The molecule has 230 valence electrons. The summed E-state index contributed by atoms with van der Waals surface area (Å²) in [5.41, 5.74) is -7.34. The Morgan fingerprint density at radius 3 is 2.12 bits per heavy atom. The van der Waals surface area contributed by atoms with Crippen molar-refractivity contribution in [2.45, 2.75) is 63.4 Å². The topological polar surface area (TPSA) is 220 Å². The number of hydrogen-bond donors (Lipinski definition) is 3. The van der Waals surface area contributed by atoms with Crippen molar-refractivity contribution >= 4 is 20.1 Å². The number of H-pyrrole nitrogens is 1. The summed E-state index contributed by atoms with van der Waals surface area (Å²) < 4.78 is 67.1. The maximum atomic E-state index is 14.4. The van der Waals surface area contributed by atoms with Crippen molar-refractivity contribution in [3.05, 3.63) is 33.1 Å². The van der Waals surface area contributed by atoms with Crippen molar-refractivity contribution in [3.63, 3.8) is 0 Å². The van der Waals surface area contributed by atoms with E-state index in [-0.39, 0.29) is 0 Å². The van der Waals surface area contributed by atoms with Gasteiger partial charge in [-0.1, -0.05) is 5.92 Å². The van der Waals surface area contributed by atoms with E-state index in [1.54, 1.807) is 0 Å². The van der Waals surface area contributed by atoms with Crippen LogP contribution in [0, 0.1) is 12.3 Å². The molecule has 17 nitrogen and oxygen atoms in total. The predicted octanol–water partition coefficient (Wildman–Crippen LogP) is 0.695. The van der Waals surface area contributed by atoms with Crippen molar-refractivity contribution < 1.29 is 66.0 Å². The van der Waals surface area contributed by atoms with E-state index >= 15 is 0 Å². The Kier molecular flexibility index (Phi) is 11.6. The number of rotatable bonds is 13. The van der Waals surface area contributed by atoms with Gasteiger partial charge in [-0.05, 0) is 27.7 Å². The number of nitrogens with one attached hydrogen (secondary N) is 1. The van der Waals surface area contributed by atoms with Gasteiger partial charge in [0.1, 0.15) is 12.8 Å². The average Bonchev–Trinajstić information content (AvgIpc) is 3.09. The Balaban J connectivity index is 2.28. The highest BCUT2D eigenvalue weighted by Crippen LogP contribution is 2.52. The van der Waals surface area contributed by atoms with Crippen LogP contribution in [0.2, 0.25) is 0 Å². The van der Waals surface area contributed by atoms with E-state index in [9.17, 15) is 38.3 Å². The van der Waals surface area contributed by atoms with Gasteiger partial charge in [0.2, 0.25) is 13.6 Å². The van der Waals surface area contributed by atoms with Gasteiger partial charge < -0.3 is 33.9 Å². The molecule has 1 aliphatic rings. The van der Waals surface area contributed by atoms with E-state index in [0.29, 0.717) is 4.57 Å². The Morgan fingerprint density at radius 2 is 1.68 bits per heavy atom. The fraction of sp³-hybridized carbons (Fsp3) is 0.636. The number of nitrogens with zero attached hydrogens (tertiary/aromatic N) is 1. The van der Waals surface area contributed by atoms with E-state index in [0.717, 1.165) is 12.3 Å². The first-order chi connectivity index (χ1) is 19.1. The molecule has 0 amide bonds. The van der Waals surface area contributed by atoms with Crippen LogP contribution >= 0.6 is 7.82 Å². The summed E-state index contributed by atoms with van der Waals surface area (Å²) in [6.45, 7) is 0.979. The highest BCUT2D eigenvalue weighted by Gasteiger charge is 2.65. The molecule has 0 aromatic carbocycles. The molecule has 0 saturated carbocycles. The Morgan fingerprint density at radius 1 is 1.15 bits per heavy atom. The van der Waals surface area contributed by atoms with Crippen LogP contribution in [0.3, 0.4) is 0 Å². The number of phosphoric acid groups is 1. The van der Waals surface area contributed by atoms with Crippen LogP contribution in [-0.2, 0) is 41.8 Å². The molecule has 1 fully saturated rings. The van der Waals surface area contributed by atoms with Gasteiger partial charge in [0, 0.05) is 12.3 Å². The third kappa shape index (κ3) is 8.60. The number of aliphatic hydroxyl groups excluding tert-OH is 1. The number of aromatic nitrogens is 2. The summed E-state index contributed by atoms with van der Waals surface area (Å²) in [6, 6.07) is 0.866. The zero-order chi connectivity index (χ0) is 31.0. The quantitative estimate of drug-likeness (QED) is 0.121. The van der Waals surface area contributed by atoms with Gasteiger partial charge >= 0.3 is 25.8 Å². The fourth-order valence-corrected chi connectivity index (χ4v) is 4.19. The van der Waals surface area contributed by atoms with Gasteiger partial charge in [0.05, 0.1) is 18.8 Å². The first kappa shape index (κ1) is 33.9. The van der Waals surface area contributed by atoms with Crippen molar-refractivity contribution in [2.24, 2.45) is 0 Å². The Hall–Kier alpha value is -3.30. The number of aromatic amines is 1. The highest BCUT2D eigenvalue weighted by molar-refractivity contribution is 7.48. The van der Waals surface area contributed by atoms with E-state index in [1.807, 2.05) is 10.9 Å². The number of aliphatic hydroxyl groups is 2. The van der Waals surface area contributed by atoms with Crippen molar-refractivity contribution in [2.75, 3.05) is 26.9 Å². The highest BCUT2D eigenvalue weighted by atomic mass is 31.2. The summed E-state index contributed by atoms with van der Waals surface area (Å²) in [4.78, 5) is 48.8. The van der Waals surface area contributed by atoms with Gasteiger partial charge in [-0.3, -0.25) is 18.9 Å². The van der Waals surface area contributed by atoms with E-state index < -0.39 is 94.0 Å². The molecule has 0 unspecified atom stereocenters. The molecule has 1 aromatic heterocycles. The monoisotopic (exact) mass is 612 g/mol. The summed E-state index contributed by atoms with van der Waals surface area (Å²) >= 11 is 0. The molecule has 0 aliphatic carbocycles. The molecule has 0 spiro atoms. The molecule has 3 N–H and O–H groups in total. The van der Waals surface area contributed by atoms with E-state index in [4.69, 9.17) is 34.2 Å². The van der Waals surface area contributed by atoms with Gasteiger partial charge in [0.15, 0.2) is 17.4 Å². The third-order valence-electron chi connectivity index (χ3n) is 5.11. The molecule has 19 heteroatoms. The Labute approximate surface area is 232 Å². The number of terminal acetylenes is 1. The lowest BCUT2D eigenvalue weighted by Gasteiger charge is -2.31. The average molecular weight is 612 g/mol. The van der Waals surface area contributed by atoms with Crippen LogP contribution in [0.25, 0.3) is 0 Å². The summed E-state index contributed by atoms with van der Waals surface area (Å²) in [6.07, 6.45) is -1.69. The molecule has 1 saturated heterocycles. The van der Waals surface area contributed by atoms with Crippen molar-refractivity contribution in [1.29, 1.82) is 0 Å². The summed E-state index contributed by atoms with van der Waals surface area (Å²) in [5, 5.41) is 21.8. The van der Waals surface area contributed by atoms with Gasteiger partial charge in [-0.2, -0.15) is 0 Å². The van der Waals surface area contributed by atoms with E-state index in [1.165, 1.54) is 27.7 Å². The van der Waals surface area contributed by atoms with Crippen LogP contribution in [-0.4, -0.2) is 88.5 Å². The minimum atomic E-state index is -4.97. The number of halogens is 1. The molecule has 0 bridgehead atoms. The van der Waals surface area contributed by atoms with Crippen molar-refractivity contribution in [1.82, 2.24) is 9.55 Å². The SMILES string of the molecule is C#C[C@@]1(O)[C@H](O)[C@@](CF)(COP(=O)(OCOC(=O)OC(C)C)OCOC(=O)OC(C)C)O[C@H]1n1ccc(=O)[nH]c1=O. The van der Waals surface area contributed by atoms with Crippen LogP contribution in [0.15, 0.2) is 21.9 Å². The first-order valence-electron chi connectivity index (χ1n) is 11.8. The Bertz CT molecular complexity index is 1240. The lowest BCUT2D eigenvalue weighted by atomic mass is 9.87. The molecule has 41 heavy (non-hydrogen) atoms. The number of phosphoric ester groups is 1. The standard InChI is InChI=1S/C22H30FN2O15P/c1-6-22(31)16(27)21(9-23,40-17(22)25-8-7-15(26)24-18(25)28)10-35-41(32,36-11-33-19(29)38-13(2)3)37-12-34-20(30)39-14(4)5/h1,7-8,13-14,16-17,27,31H,9-12H2,2-5H3,(H,24,26,28)/t16-,17-,21-,22-/m1/s1. The predicted molar refractivity (Wildman–Crippen MR) is 131 cm³/mol. The number of carbonyl (C=O) groups excluding carboxylic acids is 2. The van der Waals surface area contributed by atoms with E-state index in [2.05, 4.69) is 9.47 Å². The lowest BCUT2D eigenvalue weighted by molar-refractivity contribution is -0.141. The third-order valence-corrected chi connectivity index (χ3v) is 6.39. The summed E-state index contributed by atoms with van der Waals surface area (Å²) in [7, 11) is -4.97. The maximum Gasteiger partial charge on any atom is 0.510 e. The molecule has 2 heterocycles. The second-order valence-corrected chi connectivity index (χ2v) is 10.6. The molecular weight excluding hydrogens is 582 g/mol. The minimum absolute atomic E-state index is 0.578. The molecule has 0 radical (unpaired) electrons. The normalized spacial score (nSPS) is 24.2. The summed E-state index contributed by atoms with van der Waals surface area (Å²) in [5.74, 6) is 1.82. The number of hydrogen-bond acceptors (Lipinski definition) is 15. The molecule has 1 aromatic rings. The fourth-order valence-electron chi connectivity index (χ4n) is 3.23. The zero-order valence-corrected chi connectivity index (χ0v) is 23.2. The molecule has 1 aliphatic heterocycles. The van der Waals surface area contributed by atoms with Gasteiger partial charge in [-0.25, -0.2) is 32.4 Å². The second-order valence-electron chi connectivity index (χ2n) is 8.89. The maximum absolute atomic E-state index is 14.4. The van der Waals surface area contributed by atoms with Gasteiger partial charge in [-0.15, -0.1) is 6.42 Å². The number of alkyl halides is 1. The van der Waals surface area contributed by atoms with Crippen LogP contribution in [0.5, 0.6) is 0 Å². The lowest BCUT2D eigenvalue weighted by Crippen LogP contribution is -2.54. The van der Waals surface area contributed by atoms with Crippen LogP contribution in [0.4, 0.5) is 14.0 Å². The number of ether oxygens (including phenoxy) is 5. The molecule has 2 rings (SSSR count). The number of carbonyl (C=O) groups is 2.